The zero-order valence-electron chi connectivity index (χ0n) is 20.3. The third-order valence-electron chi connectivity index (χ3n) is 7.72. The fourth-order valence-electron chi connectivity index (χ4n) is 5.95. The number of imidazole rings is 1. The van der Waals surface area contributed by atoms with E-state index in [1.165, 1.54) is 0 Å². The lowest BCUT2D eigenvalue weighted by Crippen LogP contribution is -2.41. The molecule has 3 aromatic heterocycles. The minimum absolute atomic E-state index is 0.00142. The number of hydrogen-bond donors (Lipinski definition) is 1. The molecule has 2 bridgehead atoms. The topological polar surface area (TPSA) is 100 Å². The molecule has 35 heavy (non-hydrogen) atoms. The van der Waals surface area contributed by atoms with Crippen molar-refractivity contribution >= 4 is 28.0 Å². The quantitative estimate of drug-likeness (QED) is 0.461. The normalized spacial score (nSPS) is 21.5. The number of nitrogens with two attached hydrogens (primary N) is 1. The first-order valence-corrected chi connectivity index (χ1v) is 12.1. The van der Waals surface area contributed by atoms with Gasteiger partial charge in [0.1, 0.15) is 16.9 Å². The molecule has 2 aliphatic rings. The number of aryl methyl sites for hydroxylation is 1. The molecular formula is C26H30N6O3. The van der Waals surface area contributed by atoms with Crippen LogP contribution in [0, 0.1) is 5.92 Å². The van der Waals surface area contributed by atoms with Crippen LogP contribution >= 0.6 is 0 Å². The van der Waals surface area contributed by atoms with Crippen molar-refractivity contribution in [3.05, 3.63) is 42.1 Å². The van der Waals surface area contributed by atoms with Crippen molar-refractivity contribution < 1.29 is 14.3 Å². The van der Waals surface area contributed by atoms with E-state index in [1.807, 2.05) is 40.8 Å². The Kier molecular flexibility index (Phi) is 5.26. The van der Waals surface area contributed by atoms with Crippen LogP contribution < -0.4 is 10.5 Å². The van der Waals surface area contributed by atoms with E-state index in [1.54, 1.807) is 20.4 Å². The Hall–Kier alpha value is -3.43. The van der Waals surface area contributed by atoms with Crippen LogP contribution in [0.4, 0.5) is 0 Å². The zero-order valence-corrected chi connectivity index (χ0v) is 20.3. The van der Waals surface area contributed by atoms with Gasteiger partial charge in [0, 0.05) is 56.5 Å². The number of carbonyl (C=O) groups is 1. The number of pyridine rings is 1. The van der Waals surface area contributed by atoms with Gasteiger partial charge < -0.3 is 29.2 Å². The van der Waals surface area contributed by atoms with Gasteiger partial charge in [-0.05, 0) is 49.1 Å². The van der Waals surface area contributed by atoms with Gasteiger partial charge in [0.2, 0.25) is 0 Å². The van der Waals surface area contributed by atoms with Crippen molar-refractivity contribution in [2.75, 3.05) is 27.4 Å². The largest absolute Gasteiger partial charge is 0.494 e. The number of methoxy groups -OCH3 is 2. The van der Waals surface area contributed by atoms with Crippen LogP contribution in [0.25, 0.3) is 33.6 Å². The number of benzene rings is 1. The maximum atomic E-state index is 13.5. The van der Waals surface area contributed by atoms with Crippen molar-refractivity contribution in [1.29, 1.82) is 0 Å². The Morgan fingerprint density at radius 3 is 2.80 bits per heavy atom. The summed E-state index contributed by atoms with van der Waals surface area (Å²) in [5.41, 5.74) is 10.3. The monoisotopic (exact) mass is 474 g/mol. The van der Waals surface area contributed by atoms with E-state index < -0.39 is 0 Å². The molecule has 6 rings (SSSR count). The number of aromatic nitrogens is 4. The third-order valence-corrected chi connectivity index (χ3v) is 7.72. The highest BCUT2D eigenvalue weighted by molar-refractivity contribution is 6.00. The lowest BCUT2D eigenvalue weighted by molar-refractivity contribution is 0.0700. The molecule has 1 saturated heterocycles. The maximum absolute atomic E-state index is 13.5. The van der Waals surface area contributed by atoms with Gasteiger partial charge in [-0.3, -0.25) is 4.79 Å². The number of ether oxygens (including phenoxy) is 2. The van der Waals surface area contributed by atoms with Gasteiger partial charge in [0.25, 0.3) is 5.91 Å². The second-order valence-corrected chi connectivity index (χ2v) is 9.57. The van der Waals surface area contributed by atoms with Crippen LogP contribution in [0.2, 0.25) is 0 Å². The highest BCUT2D eigenvalue weighted by Crippen LogP contribution is 2.39. The molecule has 1 saturated carbocycles. The molecule has 182 valence electrons. The summed E-state index contributed by atoms with van der Waals surface area (Å²) >= 11 is 0. The van der Waals surface area contributed by atoms with E-state index in [-0.39, 0.29) is 18.0 Å². The number of hydrogen-bond acceptors (Lipinski definition) is 6. The first-order valence-electron chi connectivity index (χ1n) is 12.1. The molecule has 0 unspecified atom stereocenters. The Balaban J connectivity index is 1.46. The Bertz CT molecular complexity index is 1440. The molecule has 1 aliphatic carbocycles. The molecule has 4 heterocycles. The van der Waals surface area contributed by atoms with Crippen molar-refractivity contribution in [3.63, 3.8) is 0 Å². The minimum Gasteiger partial charge on any atom is -0.494 e. The Morgan fingerprint density at radius 2 is 2.09 bits per heavy atom. The molecule has 3 atom stereocenters. The van der Waals surface area contributed by atoms with E-state index in [9.17, 15) is 4.79 Å². The number of amides is 1. The molecule has 4 aromatic rings. The van der Waals surface area contributed by atoms with Crippen LogP contribution in [0.5, 0.6) is 5.75 Å². The fraction of sp³-hybridized carbons (Fsp3) is 0.423. The molecule has 9 nitrogen and oxygen atoms in total. The van der Waals surface area contributed by atoms with Gasteiger partial charge in [-0.1, -0.05) is 0 Å². The number of rotatable bonds is 6. The minimum atomic E-state index is -0.00142. The molecular weight excluding hydrogens is 444 g/mol. The molecule has 1 aliphatic heterocycles. The average molecular weight is 475 g/mol. The van der Waals surface area contributed by atoms with Crippen molar-refractivity contribution in [3.8, 4) is 17.3 Å². The van der Waals surface area contributed by atoms with E-state index >= 15 is 0 Å². The van der Waals surface area contributed by atoms with E-state index in [4.69, 9.17) is 20.2 Å². The van der Waals surface area contributed by atoms with Crippen molar-refractivity contribution in [1.82, 2.24) is 24.0 Å². The fourth-order valence-corrected chi connectivity index (χ4v) is 5.95. The van der Waals surface area contributed by atoms with Gasteiger partial charge in [-0.25, -0.2) is 9.97 Å². The second kappa shape index (κ2) is 8.35. The van der Waals surface area contributed by atoms with Crippen LogP contribution in [0.3, 0.4) is 0 Å². The molecule has 1 aromatic carbocycles. The molecule has 1 amide bonds. The molecule has 2 fully saturated rings. The van der Waals surface area contributed by atoms with Gasteiger partial charge in [0.05, 0.1) is 24.9 Å². The molecule has 2 N–H and O–H groups in total. The summed E-state index contributed by atoms with van der Waals surface area (Å²) in [5, 5.41) is 1.04. The van der Waals surface area contributed by atoms with Crippen LogP contribution in [-0.4, -0.2) is 69.4 Å². The summed E-state index contributed by atoms with van der Waals surface area (Å²) in [6, 6.07) is 9.98. The highest BCUT2D eigenvalue weighted by Gasteiger charge is 2.47. The van der Waals surface area contributed by atoms with Gasteiger partial charge in [-0.2, -0.15) is 0 Å². The molecule has 9 heteroatoms. The third kappa shape index (κ3) is 3.33. The van der Waals surface area contributed by atoms with E-state index in [2.05, 4.69) is 15.6 Å². The smallest absolute Gasteiger partial charge is 0.254 e. The first kappa shape index (κ1) is 22.1. The van der Waals surface area contributed by atoms with Gasteiger partial charge in [-0.15, -0.1) is 0 Å². The zero-order chi connectivity index (χ0) is 24.3. The second-order valence-electron chi connectivity index (χ2n) is 9.57. The highest BCUT2D eigenvalue weighted by atomic mass is 16.5. The van der Waals surface area contributed by atoms with Crippen LogP contribution in [0.15, 0.2) is 36.5 Å². The standard InChI is InChI=1S/C26H30N6O3/c1-30-23-18(29-25(30)20-12-15-5-4-8-28-24(15)31(20)9-10-34-2)11-17(13-21(23)35-3)26(33)32-14-16-6-7-19(32)22(16)27/h4-5,8,11-13,16,19,22H,6-7,9-10,14,27H2,1-3H3/t16-,19-,22-/m1/s1. The lowest BCUT2D eigenvalue weighted by Gasteiger charge is -2.27. The maximum Gasteiger partial charge on any atom is 0.254 e. The summed E-state index contributed by atoms with van der Waals surface area (Å²) < 4.78 is 15.3. The van der Waals surface area contributed by atoms with Crippen LogP contribution in [-0.2, 0) is 18.3 Å². The van der Waals surface area contributed by atoms with Crippen molar-refractivity contribution in [2.24, 2.45) is 18.7 Å². The van der Waals surface area contributed by atoms with E-state index in [0.717, 1.165) is 53.0 Å². The summed E-state index contributed by atoms with van der Waals surface area (Å²) in [4.78, 5) is 25.0. The molecule has 0 spiro atoms. The number of carbonyl (C=O) groups excluding carboxylic acids is 1. The van der Waals surface area contributed by atoms with Crippen molar-refractivity contribution in [2.45, 2.75) is 31.5 Å². The summed E-state index contributed by atoms with van der Waals surface area (Å²) in [7, 11) is 5.29. The molecule has 0 radical (unpaired) electrons. The Morgan fingerprint density at radius 1 is 1.23 bits per heavy atom. The SMILES string of the molecule is COCCn1c(-c2nc3cc(C(=O)N4C[C@H]5CC[C@@H]4[C@@H]5N)cc(OC)c3n2C)cc2cccnc21. The number of piperidine rings is 1. The summed E-state index contributed by atoms with van der Waals surface area (Å²) in [5.74, 6) is 1.80. The predicted molar refractivity (Wildman–Crippen MR) is 133 cm³/mol. The number of nitrogens with zero attached hydrogens (tertiary/aromatic N) is 5. The Labute approximate surface area is 203 Å². The first-order chi connectivity index (χ1) is 17.0. The van der Waals surface area contributed by atoms with Gasteiger partial charge >= 0.3 is 0 Å². The number of fused-ring (bicyclic) bond motifs is 4. The average Bonchev–Trinajstić information content (AvgIpc) is 3.61. The summed E-state index contributed by atoms with van der Waals surface area (Å²) in [6.45, 7) is 1.93. The number of likely N-dealkylation sites (tertiary alicyclic amines) is 1. The van der Waals surface area contributed by atoms with Gasteiger partial charge in [0.15, 0.2) is 5.82 Å². The summed E-state index contributed by atoms with van der Waals surface area (Å²) in [6.07, 6.45) is 3.88. The lowest BCUT2D eigenvalue weighted by atomic mass is 10.1. The van der Waals surface area contributed by atoms with Crippen LogP contribution in [0.1, 0.15) is 23.2 Å². The van der Waals surface area contributed by atoms with E-state index in [0.29, 0.717) is 30.4 Å². The predicted octanol–water partition coefficient (Wildman–Crippen LogP) is 2.81.